The second-order valence-corrected chi connectivity index (χ2v) is 6.32. The Labute approximate surface area is 128 Å². The van der Waals surface area contributed by atoms with Crippen LogP contribution >= 0.6 is 11.6 Å². The molecular weight excluding hydrogens is 288 g/mol. The minimum atomic E-state index is -0.278. The number of H-pyrrole nitrogens is 1. The van der Waals surface area contributed by atoms with Crippen LogP contribution in [-0.4, -0.2) is 36.2 Å². The summed E-state index contributed by atoms with van der Waals surface area (Å²) in [5.74, 6) is 0.127. The standard InChI is InChI=1S/C15H19ClN4O/c1-15(14(21)17-2)3-5-20(6-4-15)13-8-10(16)7-12-11(13)9-18-19-12/h7-9H,3-6H2,1-2H3,(H,17,21)(H,18,19). The van der Waals surface area contributed by atoms with Gasteiger partial charge in [0.1, 0.15) is 0 Å². The van der Waals surface area contributed by atoms with Crippen molar-refractivity contribution in [3.8, 4) is 0 Å². The first kappa shape index (κ1) is 14.2. The zero-order valence-corrected chi connectivity index (χ0v) is 13.0. The molecular formula is C15H19ClN4O. The van der Waals surface area contributed by atoms with Crippen LogP contribution in [0.4, 0.5) is 5.69 Å². The second-order valence-electron chi connectivity index (χ2n) is 5.88. The van der Waals surface area contributed by atoms with Gasteiger partial charge in [0.2, 0.25) is 5.91 Å². The van der Waals surface area contributed by atoms with Crippen LogP contribution in [0.5, 0.6) is 0 Å². The van der Waals surface area contributed by atoms with Crippen molar-refractivity contribution in [2.24, 2.45) is 5.41 Å². The van der Waals surface area contributed by atoms with E-state index in [1.54, 1.807) is 7.05 Å². The number of anilines is 1. The zero-order valence-electron chi connectivity index (χ0n) is 12.2. The SMILES string of the molecule is CNC(=O)C1(C)CCN(c2cc(Cl)cc3[nH]ncc23)CC1. The van der Waals surface area contributed by atoms with Crippen molar-refractivity contribution in [1.29, 1.82) is 0 Å². The molecule has 0 saturated carbocycles. The maximum absolute atomic E-state index is 12.0. The maximum Gasteiger partial charge on any atom is 0.225 e. The lowest BCUT2D eigenvalue weighted by Crippen LogP contribution is -2.46. The molecule has 3 rings (SSSR count). The second kappa shape index (κ2) is 5.22. The zero-order chi connectivity index (χ0) is 15.0. The molecule has 2 heterocycles. The maximum atomic E-state index is 12.0. The van der Waals surface area contributed by atoms with Crippen molar-refractivity contribution in [3.05, 3.63) is 23.4 Å². The van der Waals surface area contributed by atoms with Crippen LogP contribution in [0.3, 0.4) is 0 Å². The monoisotopic (exact) mass is 306 g/mol. The van der Waals surface area contributed by atoms with E-state index in [1.807, 2.05) is 25.3 Å². The predicted octanol–water partition coefficient (Wildman–Crippen LogP) is 2.57. The van der Waals surface area contributed by atoms with E-state index in [9.17, 15) is 4.79 Å². The molecule has 1 aliphatic rings. The molecule has 6 heteroatoms. The molecule has 1 saturated heterocycles. The summed E-state index contributed by atoms with van der Waals surface area (Å²) in [5.41, 5.74) is 1.75. The average molecular weight is 307 g/mol. The number of rotatable bonds is 2. The van der Waals surface area contributed by atoms with E-state index < -0.39 is 0 Å². The molecule has 0 bridgehead atoms. The smallest absolute Gasteiger partial charge is 0.225 e. The molecule has 0 radical (unpaired) electrons. The lowest BCUT2D eigenvalue weighted by atomic mass is 9.79. The lowest BCUT2D eigenvalue weighted by molar-refractivity contribution is -0.130. The van der Waals surface area contributed by atoms with Gasteiger partial charge in [-0.3, -0.25) is 9.89 Å². The van der Waals surface area contributed by atoms with Crippen LogP contribution in [0.1, 0.15) is 19.8 Å². The number of halogens is 1. The van der Waals surface area contributed by atoms with E-state index in [4.69, 9.17) is 11.6 Å². The lowest BCUT2D eigenvalue weighted by Gasteiger charge is -2.39. The number of piperidine rings is 1. The summed E-state index contributed by atoms with van der Waals surface area (Å²) in [5, 5.41) is 11.6. The van der Waals surface area contributed by atoms with Gasteiger partial charge in [-0.25, -0.2) is 0 Å². The summed E-state index contributed by atoms with van der Waals surface area (Å²) < 4.78 is 0. The number of benzene rings is 1. The van der Waals surface area contributed by atoms with Crippen LogP contribution < -0.4 is 10.2 Å². The van der Waals surface area contributed by atoms with Gasteiger partial charge in [-0.05, 0) is 25.0 Å². The first-order valence-electron chi connectivity index (χ1n) is 7.13. The highest BCUT2D eigenvalue weighted by Gasteiger charge is 2.36. The van der Waals surface area contributed by atoms with E-state index >= 15 is 0 Å². The molecule has 1 aromatic carbocycles. The summed E-state index contributed by atoms with van der Waals surface area (Å²) in [4.78, 5) is 14.3. The highest BCUT2D eigenvalue weighted by Crippen LogP contribution is 2.36. The number of hydrogen-bond acceptors (Lipinski definition) is 3. The van der Waals surface area contributed by atoms with Gasteiger partial charge in [0, 0.05) is 41.6 Å². The van der Waals surface area contributed by atoms with Crippen LogP contribution in [0.2, 0.25) is 5.02 Å². The Bertz CT molecular complexity index is 673. The largest absolute Gasteiger partial charge is 0.371 e. The summed E-state index contributed by atoms with van der Waals surface area (Å²) in [6, 6.07) is 3.86. The van der Waals surface area contributed by atoms with Crippen LogP contribution in [0, 0.1) is 5.41 Å². The number of fused-ring (bicyclic) bond motifs is 1. The highest BCUT2D eigenvalue weighted by atomic mass is 35.5. The van der Waals surface area contributed by atoms with E-state index in [-0.39, 0.29) is 11.3 Å². The van der Waals surface area contributed by atoms with Crippen molar-refractivity contribution >= 4 is 34.1 Å². The molecule has 2 N–H and O–H groups in total. The molecule has 2 aromatic rings. The Hall–Kier alpha value is -1.75. The molecule has 0 atom stereocenters. The van der Waals surface area contributed by atoms with Gasteiger partial charge >= 0.3 is 0 Å². The van der Waals surface area contributed by atoms with Gasteiger partial charge in [-0.15, -0.1) is 0 Å². The first-order chi connectivity index (χ1) is 10.0. The van der Waals surface area contributed by atoms with Crippen molar-refractivity contribution in [3.63, 3.8) is 0 Å². The number of aromatic amines is 1. The van der Waals surface area contributed by atoms with E-state index in [0.29, 0.717) is 5.02 Å². The number of nitrogens with one attached hydrogen (secondary N) is 2. The Kier molecular flexibility index (Phi) is 3.53. The average Bonchev–Trinajstić information content (AvgIpc) is 2.94. The quantitative estimate of drug-likeness (QED) is 0.896. The number of hydrogen-bond donors (Lipinski definition) is 2. The van der Waals surface area contributed by atoms with Gasteiger partial charge in [0.25, 0.3) is 0 Å². The Morgan fingerprint density at radius 1 is 1.43 bits per heavy atom. The topological polar surface area (TPSA) is 61.0 Å². The molecule has 1 amide bonds. The number of nitrogens with zero attached hydrogens (tertiary/aromatic N) is 2. The molecule has 0 unspecified atom stereocenters. The third-order valence-corrected chi connectivity index (χ3v) is 4.70. The first-order valence-corrected chi connectivity index (χ1v) is 7.51. The third-order valence-electron chi connectivity index (χ3n) is 4.48. The van der Waals surface area contributed by atoms with Crippen molar-refractivity contribution in [1.82, 2.24) is 15.5 Å². The third kappa shape index (κ3) is 2.46. The fourth-order valence-corrected chi connectivity index (χ4v) is 3.24. The van der Waals surface area contributed by atoms with Crippen LogP contribution in [0.15, 0.2) is 18.3 Å². The number of carbonyl (C=O) groups is 1. The Balaban J connectivity index is 1.86. The summed E-state index contributed by atoms with van der Waals surface area (Å²) >= 11 is 6.19. The molecule has 1 aliphatic heterocycles. The van der Waals surface area contributed by atoms with Gasteiger partial charge in [0.15, 0.2) is 0 Å². The molecule has 1 aromatic heterocycles. The van der Waals surface area contributed by atoms with Crippen molar-refractivity contribution < 1.29 is 4.79 Å². The van der Waals surface area contributed by atoms with Crippen LogP contribution in [0.25, 0.3) is 10.9 Å². The Morgan fingerprint density at radius 3 is 2.81 bits per heavy atom. The van der Waals surface area contributed by atoms with E-state index in [1.165, 1.54) is 0 Å². The van der Waals surface area contributed by atoms with Crippen molar-refractivity contribution in [2.45, 2.75) is 19.8 Å². The number of aromatic nitrogens is 2. The molecule has 5 nitrogen and oxygen atoms in total. The van der Waals surface area contributed by atoms with E-state index in [2.05, 4.69) is 20.4 Å². The minimum Gasteiger partial charge on any atom is -0.371 e. The van der Waals surface area contributed by atoms with Gasteiger partial charge in [-0.2, -0.15) is 5.10 Å². The van der Waals surface area contributed by atoms with Gasteiger partial charge in [-0.1, -0.05) is 18.5 Å². The summed E-state index contributed by atoms with van der Waals surface area (Å²) in [7, 11) is 1.70. The predicted molar refractivity (Wildman–Crippen MR) is 84.7 cm³/mol. The molecule has 1 fully saturated rings. The number of carbonyl (C=O) groups excluding carboxylic acids is 1. The van der Waals surface area contributed by atoms with Gasteiger partial charge in [0.05, 0.1) is 11.7 Å². The molecule has 0 aliphatic carbocycles. The normalized spacial score (nSPS) is 18.0. The van der Waals surface area contributed by atoms with Crippen LogP contribution in [-0.2, 0) is 4.79 Å². The van der Waals surface area contributed by atoms with Crippen molar-refractivity contribution in [2.75, 3.05) is 25.0 Å². The Morgan fingerprint density at radius 2 is 2.14 bits per heavy atom. The van der Waals surface area contributed by atoms with Gasteiger partial charge < -0.3 is 10.2 Å². The molecule has 0 spiro atoms. The molecule has 21 heavy (non-hydrogen) atoms. The highest BCUT2D eigenvalue weighted by molar-refractivity contribution is 6.31. The molecule has 112 valence electrons. The fraction of sp³-hybridized carbons (Fsp3) is 0.467. The number of amides is 1. The fourth-order valence-electron chi connectivity index (χ4n) is 3.03. The summed E-state index contributed by atoms with van der Waals surface area (Å²) in [6.07, 6.45) is 3.49. The minimum absolute atomic E-state index is 0.127. The van der Waals surface area contributed by atoms with E-state index in [0.717, 1.165) is 42.5 Å². The summed E-state index contributed by atoms with van der Waals surface area (Å²) in [6.45, 7) is 3.71.